The molecule has 5 N–H and O–H groups in total. The molecule has 0 spiro atoms. The monoisotopic (exact) mass is 309 g/mol. The molecule has 0 aromatic heterocycles. The Morgan fingerprint density at radius 2 is 1.78 bits per heavy atom. The van der Waals surface area contributed by atoms with Crippen LogP contribution in [0.2, 0.25) is 0 Å². The molecule has 2 rings (SSSR count). The molecule has 0 atom stereocenters. The highest BCUT2D eigenvalue weighted by Crippen LogP contribution is 2.28. The number of aromatic hydroxyl groups is 1. The number of hydrogen-bond donors (Lipinski definition) is 3. The summed E-state index contributed by atoms with van der Waals surface area (Å²) >= 11 is 0. The van der Waals surface area contributed by atoms with E-state index >= 15 is 0 Å². The average Bonchev–Trinajstić information content (AvgIpc) is 2.49. The maximum absolute atomic E-state index is 11.9. The van der Waals surface area contributed by atoms with Crippen molar-refractivity contribution in [3.63, 3.8) is 0 Å². The van der Waals surface area contributed by atoms with Crippen molar-refractivity contribution in [2.24, 2.45) is 16.5 Å². The molecule has 0 aliphatic rings. The van der Waals surface area contributed by atoms with Crippen molar-refractivity contribution in [3.05, 3.63) is 59.2 Å². The van der Waals surface area contributed by atoms with Crippen LogP contribution in [0.3, 0.4) is 0 Å². The topological polar surface area (TPSA) is 102 Å². The number of phenolic OH excluding ortho intramolecular Hbond substituents is 1. The van der Waals surface area contributed by atoms with Gasteiger partial charge in [0.25, 0.3) is 5.91 Å². The van der Waals surface area contributed by atoms with Gasteiger partial charge in [-0.25, -0.2) is 0 Å². The van der Waals surface area contributed by atoms with Crippen molar-refractivity contribution >= 4 is 17.9 Å². The Morgan fingerprint density at radius 1 is 1.13 bits per heavy atom. The normalized spacial score (nSPS) is 11.1. The number of hydrogen-bond acceptors (Lipinski definition) is 2. The Bertz CT molecular complexity index is 786. The molecule has 0 saturated heterocycles. The highest BCUT2D eigenvalue weighted by molar-refractivity contribution is 6.04. The minimum atomic E-state index is -0.470. The summed E-state index contributed by atoms with van der Waals surface area (Å²) in [6.45, 7) is 3.66. The molecule has 0 unspecified atom stereocenters. The van der Waals surface area contributed by atoms with Crippen molar-refractivity contribution in [1.82, 2.24) is 0 Å². The fourth-order valence-electron chi connectivity index (χ4n) is 2.19. The second kappa shape index (κ2) is 6.79. The summed E-state index contributed by atoms with van der Waals surface area (Å²) in [5, 5.41) is 9.43. The maximum atomic E-state index is 11.9. The van der Waals surface area contributed by atoms with Gasteiger partial charge in [-0.05, 0) is 48.7 Å². The van der Waals surface area contributed by atoms with Gasteiger partial charge in [0.15, 0.2) is 5.96 Å². The molecule has 0 aliphatic carbocycles. The highest BCUT2D eigenvalue weighted by Gasteiger charge is 2.08. The Labute approximate surface area is 135 Å². The zero-order valence-electron chi connectivity index (χ0n) is 13.1. The Hall–Kier alpha value is -3.08. The lowest BCUT2D eigenvalue weighted by Gasteiger charge is -2.09. The van der Waals surface area contributed by atoms with Crippen molar-refractivity contribution in [3.8, 4) is 16.9 Å². The number of nitrogens with two attached hydrogens (primary N) is 2. The predicted octanol–water partition coefficient (Wildman–Crippen LogP) is 2.57. The summed E-state index contributed by atoms with van der Waals surface area (Å²) in [4.78, 5) is 15.4. The number of carbonyl (C=O) groups excluding carboxylic acids is 1. The van der Waals surface area contributed by atoms with Crippen LogP contribution < -0.4 is 11.5 Å². The smallest absolute Gasteiger partial charge is 0.275 e. The summed E-state index contributed by atoms with van der Waals surface area (Å²) in [5.41, 5.74) is 14.8. The minimum absolute atomic E-state index is 0.206. The van der Waals surface area contributed by atoms with E-state index in [9.17, 15) is 9.90 Å². The maximum Gasteiger partial charge on any atom is 0.275 e. The first-order valence-corrected chi connectivity index (χ1v) is 7.09. The van der Waals surface area contributed by atoms with Crippen LogP contribution in [-0.4, -0.2) is 17.0 Å². The molecule has 5 nitrogen and oxygen atoms in total. The number of nitrogens with zero attached hydrogens (tertiary/aromatic N) is 1. The molecule has 0 heterocycles. The standard InChI is InChI=1S/C18H19N3O2/c1-11-3-4-14(10-12(2)17(23)21-18(19)20)16(9-11)13-5-7-15(22)8-6-13/h3-10,22H,1-2H3,(H4,19,20,21,23)/b12-10+. The number of guanidine groups is 1. The van der Waals surface area contributed by atoms with Gasteiger partial charge in [-0.1, -0.05) is 35.9 Å². The molecule has 2 aromatic rings. The van der Waals surface area contributed by atoms with Gasteiger partial charge >= 0.3 is 0 Å². The molecule has 5 heteroatoms. The van der Waals surface area contributed by atoms with Gasteiger partial charge in [-0.3, -0.25) is 4.79 Å². The van der Waals surface area contributed by atoms with Crippen LogP contribution in [-0.2, 0) is 4.79 Å². The molecule has 118 valence electrons. The molecule has 0 fully saturated rings. The number of phenols is 1. The summed E-state index contributed by atoms with van der Waals surface area (Å²) in [6, 6.07) is 12.8. The zero-order valence-corrected chi connectivity index (χ0v) is 13.1. The lowest BCUT2D eigenvalue weighted by molar-refractivity contribution is -0.114. The Morgan fingerprint density at radius 3 is 2.39 bits per heavy atom. The van der Waals surface area contributed by atoms with Crippen molar-refractivity contribution in [1.29, 1.82) is 0 Å². The van der Waals surface area contributed by atoms with Crippen LogP contribution in [0.1, 0.15) is 18.1 Å². The van der Waals surface area contributed by atoms with Gasteiger partial charge in [0, 0.05) is 5.57 Å². The van der Waals surface area contributed by atoms with Crippen LogP contribution in [0.5, 0.6) is 5.75 Å². The SMILES string of the molecule is C/C(=C\c1ccc(C)cc1-c1ccc(O)cc1)C(=O)N=C(N)N. The van der Waals surface area contributed by atoms with Gasteiger partial charge in [0.1, 0.15) is 5.75 Å². The molecule has 1 amide bonds. The first-order chi connectivity index (χ1) is 10.9. The van der Waals surface area contributed by atoms with Gasteiger partial charge in [0.05, 0.1) is 0 Å². The van der Waals surface area contributed by atoms with Crippen LogP contribution in [0, 0.1) is 6.92 Å². The molecule has 0 bridgehead atoms. The van der Waals surface area contributed by atoms with E-state index in [1.54, 1.807) is 25.1 Å². The second-order valence-electron chi connectivity index (χ2n) is 5.31. The zero-order chi connectivity index (χ0) is 17.0. The molecule has 0 saturated carbocycles. The van der Waals surface area contributed by atoms with Crippen molar-refractivity contribution < 1.29 is 9.90 Å². The van der Waals surface area contributed by atoms with Gasteiger partial charge in [-0.2, -0.15) is 4.99 Å². The first-order valence-electron chi connectivity index (χ1n) is 7.09. The summed E-state index contributed by atoms with van der Waals surface area (Å²) in [7, 11) is 0. The van der Waals surface area contributed by atoms with Crippen LogP contribution in [0.4, 0.5) is 0 Å². The molecule has 2 aromatic carbocycles. The molecular formula is C18H19N3O2. The van der Waals surface area contributed by atoms with E-state index < -0.39 is 5.91 Å². The average molecular weight is 309 g/mol. The third-order valence-electron chi connectivity index (χ3n) is 3.33. The van der Waals surface area contributed by atoms with E-state index in [-0.39, 0.29) is 11.7 Å². The number of amides is 1. The fourth-order valence-corrected chi connectivity index (χ4v) is 2.19. The van der Waals surface area contributed by atoms with Crippen LogP contribution in [0.25, 0.3) is 17.2 Å². The summed E-state index contributed by atoms with van der Waals surface area (Å²) in [6.07, 6.45) is 1.75. The van der Waals surface area contributed by atoms with E-state index in [0.29, 0.717) is 5.57 Å². The van der Waals surface area contributed by atoms with E-state index in [1.165, 1.54) is 0 Å². The molecule has 0 aliphatic heterocycles. The van der Waals surface area contributed by atoms with Crippen molar-refractivity contribution in [2.75, 3.05) is 0 Å². The number of benzene rings is 2. The Balaban J connectivity index is 2.49. The van der Waals surface area contributed by atoms with Gasteiger partial charge in [-0.15, -0.1) is 0 Å². The summed E-state index contributed by atoms with van der Waals surface area (Å²) < 4.78 is 0. The van der Waals surface area contributed by atoms with Gasteiger partial charge < -0.3 is 16.6 Å². The number of aryl methyl sites for hydroxylation is 1. The predicted molar refractivity (Wildman–Crippen MR) is 92.7 cm³/mol. The van der Waals surface area contributed by atoms with E-state index in [0.717, 1.165) is 22.3 Å². The molecule has 0 radical (unpaired) electrons. The number of rotatable bonds is 3. The van der Waals surface area contributed by atoms with Crippen LogP contribution in [0.15, 0.2) is 53.0 Å². The molecular weight excluding hydrogens is 290 g/mol. The quantitative estimate of drug-likeness (QED) is 0.460. The number of aliphatic imine (C=N–C) groups is 1. The Kier molecular flexibility index (Phi) is 4.81. The third kappa shape index (κ3) is 4.20. The van der Waals surface area contributed by atoms with Gasteiger partial charge in [0.2, 0.25) is 0 Å². The molecule has 23 heavy (non-hydrogen) atoms. The van der Waals surface area contributed by atoms with E-state index in [1.807, 2.05) is 37.3 Å². The van der Waals surface area contributed by atoms with E-state index in [2.05, 4.69) is 4.99 Å². The van der Waals surface area contributed by atoms with E-state index in [4.69, 9.17) is 11.5 Å². The summed E-state index contributed by atoms with van der Waals surface area (Å²) in [5.74, 6) is -0.523. The minimum Gasteiger partial charge on any atom is -0.508 e. The highest BCUT2D eigenvalue weighted by atomic mass is 16.3. The lowest BCUT2D eigenvalue weighted by Crippen LogP contribution is -2.24. The van der Waals surface area contributed by atoms with Crippen LogP contribution >= 0.6 is 0 Å². The largest absolute Gasteiger partial charge is 0.508 e. The first kappa shape index (κ1) is 16.3. The van der Waals surface area contributed by atoms with Crippen molar-refractivity contribution in [2.45, 2.75) is 13.8 Å². The number of carbonyl (C=O) groups is 1. The third-order valence-corrected chi connectivity index (χ3v) is 3.33. The fraction of sp³-hybridized carbons (Fsp3) is 0.111. The second-order valence-corrected chi connectivity index (χ2v) is 5.31. The lowest BCUT2D eigenvalue weighted by atomic mass is 9.96.